The van der Waals surface area contributed by atoms with E-state index in [4.69, 9.17) is 16.1 Å². The number of benzene rings is 1. The molecular formula is C19H22ClFN4O3. The Kier molecular flexibility index (Phi) is 6.00. The van der Waals surface area contributed by atoms with E-state index < -0.39 is 5.82 Å². The minimum absolute atomic E-state index is 0.0251. The fraction of sp³-hybridized carbons (Fsp3) is 0.421. The molecular weight excluding hydrogens is 387 g/mol. The molecule has 1 aromatic heterocycles. The highest BCUT2D eigenvalue weighted by Gasteiger charge is 2.31. The number of aryl methyl sites for hydroxylation is 1. The standard InChI is InChI=1S/C19H22ClFN4O3/c1-12-16(18(22-28-12)17-13(20)5-4-6-14(17)21)19(27)25-9-7-24(8-10-25)15(26)11-23(2)3/h4-6H,7-11H2,1-3H3. The molecule has 1 saturated heterocycles. The van der Waals surface area contributed by atoms with Gasteiger partial charge in [0.25, 0.3) is 5.91 Å². The smallest absolute Gasteiger partial charge is 0.259 e. The van der Waals surface area contributed by atoms with Gasteiger partial charge in [-0.3, -0.25) is 9.59 Å². The molecule has 2 amide bonds. The van der Waals surface area contributed by atoms with Crippen molar-refractivity contribution in [3.05, 3.63) is 40.4 Å². The number of hydrogen-bond acceptors (Lipinski definition) is 5. The van der Waals surface area contributed by atoms with Gasteiger partial charge in [-0.25, -0.2) is 4.39 Å². The number of carbonyl (C=O) groups excluding carboxylic acids is 2. The van der Waals surface area contributed by atoms with Gasteiger partial charge in [0.05, 0.1) is 17.1 Å². The zero-order chi connectivity index (χ0) is 20.4. The number of halogens is 2. The average Bonchev–Trinajstić information content (AvgIpc) is 3.01. The molecule has 2 heterocycles. The zero-order valence-electron chi connectivity index (χ0n) is 16.0. The minimum atomic E-state index is -0.575. The van der Waals surface area contributed by atoms with Crippen LogP contribution < -0.4 is 0 Å². The van der Waals surface area contributed by atoms with Crippen LogP contribution in [0.3, 0.4) is 0 Å². The molecule has 28 heavy (non-hydrogen) atoms. The molecule has 2 aromatic rings. The van der Waals surface area contributed by atoms with Gasteiger partial charge in [-0.05, 0) is 33.2 Å². The van der Waals surface area contributed by atoms with Crippen molar-refractivity contribution in [3.63, 3.8) is 0 Å². The van der Waals surface area contributed by atoms with E-state index >= 15 is 0 Å². The Bertz CT molecular complexity index is 871. The van der Waals surface area contributed by atoms with Gasteiger partial charge >= 0.3 is 0 Å². The van der Waals surface area contributed by atoms with Crippen molar-refractivity contribution in [2.75, 3.05) is 46.8 Å². The van der Waals surface area contributed by atoms with E-state index in [1.807, 2.05) is 19.0 Å². The van der Waals surface area contributed by atoms with Crippen LogP contribution in [-0.4, -0.2) is 78.5 Å². The first kappa shape index (κ1) is 20.3. The molecule has 150 valence electrons. The Labute approximate surface area is 167 Å². The lowest BCUT2D eigenvalue weighted by atomic mass is 10.0. The largest absolute Gasteiger partial charge is 0.360 e. The number of carbonyl (C=O) groups is 2. The van der Waals surface area contributed by atoms with Gasteiger partial charge in [-0.2, -0.15) is 0 Å². The monoisotopic (exact) mass is 408 g/mol. The summed E-state index contributed by atoms with van der Waals surface area (Å²) in [5.41, 5.74) is 0.334. The van der Waals surface area contributed by atoms with Crippen molar-refractivity contribution in [2.24, 2.45) is 0 Å². The lowest BCUT2D eigenvalue weighted by molar-refractivity contribution is -0.133. The summed E-state index contributed by atoms with van der Waals surface area (Å²) in [6, 6.07) is 4.28. The molecule has 0 saturated carbocycles. The maximum absolute atomic E-state index is 14.3. The Morgan fingerprint density at radius 1 is 1.21 bits per heavy atom. The first-order chi connectivity index (χ1) is 13.3. The normalized spacial score (nSPS) is 14.6. The lowest BCUT2D eigenvalue weighted by Gasteiger charge is -2.35. The van der Waals surface area contributed by atoms with E-state index in [2.05, 4.69) is 5.16 Å². The van der Waals surface area contributed by atoms with Crippen LogP contribution in [0.4, 0.5) is 4.39 Å². The van der Waals surface area contributed by atoms with Crippen molar-refractivity contribution in [3.8, 4) is 11.3 Å². The molecule has 0 spiro atoms. The highest BCUT2D eigenvalue weighted by molar-refractivity contribution is 6.33. The molecule has 0 bridgehead atoms. The second-order valence-electron chi connectivity index (χ2n) is 6.97. The van der Waals surface area contributed by atoms with Crippen LogP contribution in [0.2, 0.25) is 5.02 Å². The van der Waals surface area contributed by atoms with E-state index in [0.29, 0.717) is 38.5 Å². The van der Waals surface area contributed by atoms with E-state index in [1.165, 1.54) is 18.2 Å². The molecule has 1 aliphatic heterocycles. The predicted octanol–water partition coefficient (Wildman–Crippen LogP) is 2.29. The second kappa shape index (κ2) is 8.28. The van der Waals surface area contributed by atoms with Crippen LogP contribution in [0.1, 0.15) is 16.1 Å². The van der Waals surface area contributed by atoms with Crippen LogP contribution >= 0.6 is 11.6 Å². The summed E-state index contributed by atoms with van der Waals surface area (Å²) >= 11 is 6.14. The highest BCUT2D eigenvalue weighted by atomic mass is 35.5. The minimum Gasteiger partial charge on any atom is -0.360 e. The number of hydrogen-bond donors (Lipinski definition) is 0. The number of nitrogens with zero attached hydrogens (tertiary/aromatic N) is 4. The fourth-order valence-electron chi connectivity index (χ4n) is 3.21. The number of piperazine rings is 1. The maximum atomic E-state index is 14.3. The van der Waals surface area contributed by atoms with Crippen molar-refractivity contribution < 1.29 is 18.5 Å². The average molecular weight is 409 g/mol. The summed E-state index contributed by atoms with van der Waals surface area (Å²) in [4.78, 5) is 30.5. The topological polar surface area (TPSA) is 69.9 Å². The third-order valence-electron chi connectivity index (χ3n) is 4.65. The van der Waals surface area contributed by atoms with Crippen molar-refractivity contribution in [2.45, 2.75) is 6.92 Å². The second-order valence-corrected chi connectivity index (χ2v) is 7.38. The Hall–Kier alpha value is -2.45. The third kappa shape index (κ3) is 4.02. The van der Waals surface area contributed by atoms with Crippen LogP contribution in [0, 0.1) is 12.7 Å². The molecule has 0 unspecified atom stereocenters. The van der Waals surface area contributed by atoms with E-state index in [1.54, 1.807) is 16.7 Å². The van der Waals surface area contributed by atoms with Gasteiger partial charge in [-0.1, -0.05) is 22.8 Å². The lowest BCUT2D eigenvalue weighted by Crippen LogP contribution is -2.52. The molecule has 3 rings (SSSR count). The summed E-state index contributed by atoms with van der Waals surface area (Å²) in [5, 5.41) is 4.04. The first-order valence-corrected chi connectivity index (χ1v) is 9.29. The molecule has 1 aromatic carbocycles. The molecule has 9 heteroatoms. The molecule has 0 aliphatic carbocycles. The number of likely N-dealkylation sites (N-methyl/N-ethyl adjacent to an activating group) is 1. The van der Waals surface area contributed by atoms with Crippen LogP contribution in [0.15, 0.2) is 22.7 Å². The Morgan fingerprint density at radius 2 is 1.86 bits per heavy atom. The van der Waals surface area contributed by atoms with E-state index in [0.717, 1.165) is 0 Å². The van der Waals surface area contributed by atoms with Crippen LogP contribution in [0.25, 0.3) is 11.3 Å². The zero-order valence-corrected chi connectivity index (χ0v) is 16.8. The summed E-state index contributed by atoms with van der Waals surface area (Å²) in [5.74, 6) is -0.566. The predicted molar refractivity (Wildman–Crippen MR) is 103 cm³/mol. The van der Waals surface area contributed by atoms with Crippen molar-refractivity contribution >= 4 is 23.4 Å². The maximum Gasteiger partial charge on any atom is 0.259 e. The quantitative estimate of drug-likeness (QED) is 0.776. The van der Waals surface area contributed by atoms with Gasteiger partial charge in [0.1, 0.15) is 22.8 Å². The molecule has 1 aliphatic rings. The summed E-state index contributed by atoms with van der Waals surface area (Å²) < 4.78 is 19.5. The number of rotatable bonds is 4. The van der Waals surface area contributed by atoms with Crippen LogP contribution in [0.5, 0.6) is 0 Å². The van der Waals surface area contributed by atoms with Gasteiger partial charge in [0, 0.05) is 26.2 Å². The molecule has 0 N–H and O–H groups in total. The van der Waals surface area contributed by atoms with Gasteiger partial charge in [0.2, 0.25) is 5.91 Å². The molecule has 0 radical (unpaired) electrons. The Morgan fingerprint density at radius 3 is 2.46 bits per heavy atom. The number of aromatic nitrogens is 1. The van der Waals surface area contributed by atoms with Gasteiger partial charge < -0.3 is 19.2 Å². The molecule has 7 nitrogen and oxygen atoms in total. The van der Waals surface area contributed by atoms with Crippen LogP contribution in [-0.2, 0) is 4.79 Å². The highest BCUT2D eigenvalue weighted by Crippen LogP contribution is 2.34. The third-order valence-corrected chi connectivity index (χ3v) is 4.96. The van der Waals surface area contributed by atoms with Gasteiger partial charge in [-0.15, -0.1) is 0 Å². The molecule has 0 atom stereocenters. The SMILES string of the molecule is Cc1onc(-c2c(F)cccc2Cl)c1C(=O)N1CCN(C(=O)CN(C)C)CC1. The van der Waals surface area contributed by atoms with E-state index in [-0.39, 0.29) is 33.7 Å². The summed E-state index contributed by atoms with van der Waals surface area (Å²) in [6.07, 6.45) is 0. The van der Waals surface area contributed by atoms with Crippen molar-refractivity contribution in [1.29, 1.82) is 0 Å². The molecule has 1 fully saturated rings. The number of amides is 2. The Balaban J connectivity index is 1.80. The fourth-order valence-corrected chi connectivity index (χ4v) is 3.46. The summed E-state index contributed by atoms with van der Waals surface area (Å²) in [7, 11) is 3.67. The van der Waals surface area contributed by atoms with Gasteiger partial charge in [0.15, 0.2) is 0 Å². The summed E-state index contributed by atoms with van der Waals surface area (Å²) in [6.45, 7) is 3.58. The van der Waals surface area contributed by atoms with E-state index in [9.17, 15) is 14.0 Å². The first-order valence-electron chi connectivity index (χ1n) is 8.92. The van der Waals surface area contributed by atoms with Crippen molar-refractivity contribution in [1.82, 2.24) is 19.9 Å².